The van der Waals surface area contributed by atoms with Crippen molar-refractivity contribution in [1.29, 1.82) is 0 Å². The standard InChI is InChI=1S/C22H31N3O3/c23-20-7-6-17-14-25(15-19(17)20)22(27)16-8-11-24(12-9-16)21(26)10-13-28-18-4-2-1-3-5-18/h1-5,16-17,19-20H,6-15,23H2. The van der Waals surface area contributed by atoms with Gasteiger partial charge in [-0.1, -0.05) is 18.2 Å². The van der Waals surface area contributed by atoms with Crippen molar-refractivity contribution in [2.24, 2.45) is 23.5 Å². The van der Waals surface area contributed by atoms with E-state index in [1.54, 1.807) is 0 Å². The molecule has 0 radical (unpaired) electrons. The number of para-hydroxylation sites is 1. The van der Waals surface area contributed by atoms with Crippen molar-refractivity contribution in [3.8, 4) is 5.75 Å². The largest absolute Gasteiger partial charge is 0.493 e. The average molecular weight is 386 g/mol. The van der Waals surface area contributed by atoms with Crippen molar-refractivity contribution in [2.75, 3.05) is 32.8 Å². The number of piperidine rings is 1. The highest BCUT2D eigenvalue weighted by Crippen LogP contribution is 2.38. The van der Waals surface area contributed by atoms with Crippen molar-refractivity contribution < 1.29 is 14.3 Å². The van der Waals surface area contributed by atoms with Crippen molar-refractivity contribution in [2.45, 2.75) is 38.1 Å². The van der Waals surface area contributed by atoms with Gasteiger partial charge >= 0.3 is 0 Å². The van der Waals surface area contributed by atoms with Gasteiger partial charge in [0.25, 0.3) is 0 Å². The van der Waals surface area contributed by atoms with Gasteiger partial charge in [0.05, 0.1) is 13.0 Å². The van der Waals surface area contributed by atoms with Crippen LogP contribution < -0.4 is 10.5 Å². The molecule has 1 aromatic carbocycles. The lowest BCUT2D eigenvalue weighted by Gasteiger charge is -2.33. The van der Waals surface area contributed by atoms with Crippen LogP contribution in [0.15, 0.2) is 30.3 Å². The normalized spacial score (nSPS) is 27.7. The molecule has 3 fully saturated rings. The van der Waals surface area contributed by atoms with Gasteiger partial charge < -0.3 is 20.3 Å². The first-order valence-corrected chi connectivity index (χ1v) is 10.6. The molecule has 0 aromatic heterocycles. The Morgan fingerprint density at radius 1 is 1.00 bits per heavy atom. The maximum absolute atomic E-state index is 12.9. The van der Waals surface area contributed by atoms with Crippen LogP contribution in [0.2, 0.25) is 0 Å². The third-order valence-electron chi connectivity index (χ3n) is 6.75. The van der Waals surface area contributed by atoms with Crippen molar-refractivity contribution >= 4 is 11.8 Å². The van der Waals surface area contributed by atoms with E-state index in [-0.39, 0.29) is 23.8 Å². The number of carbonyl (C=O) groups is 2. The predicted molar refractivity (Wildman–Crippen MR) is 107 cm³/mol. The molecule has 1 aliphatic carbocycles. The van der Waals surface area contributed by atoms with Gasteiger partial charge in [-0.05, 0) is 49.7 Å². The van der Waals surface area contributed by atoms with Crippen LogP contribution in [0.4, 0.5) is 0 Å². The van der Waals surface area contributed by atoms with E-state index in [4.69, 9.17) is 10.5 Å². The van der Waals surface area contributed by atoms with Crippen LogP contribution in [0.5, 0.6) is 5.75 Å². The Kier molecular flexibility index (Phi) is 5.85. The van der Waals surface area contributed by atoms with Crippen LogP contribution in [-0.4, -0.2) is 60.4 Å². The monoisotopic (exact) mass is 385 g/mol. The van der Waals surface area contributed by atoms with Crippen LogP contribution in [0, 0.1) is 17.8 Å². The first-order valence-electron chi connectivity index (χ1n) is 10.6. The average Bonchev–Trinajstić information content (AvgIpc) is 3.30. The quantitative estimate of drug-likeness (QED) is 0.840. The van der Waals surface area contributed by atoms with E-state index >= 15 is 0 Å². The fraction of sp³-hybridized carbons (Fsp3) is 0.636. The molecule has 2 aliphatic heterocycles. The zero-order valence-corrected chi connectivity index (χ0v) is 16.5. The summed E-state index contributed by atoms with van der Waals surface area (Å²) in [5, 5.41) is 0. The second-order valence-electron chi connectivity index (χ2n) is 8.47. The lowest BCUT2D eigenvalue weighted by Crippen LogP contribution is -2.44. The number of hydrogen-bond donors (Lipinski definition) is 1. The molecule has 3 unspecified atom stereocenters. The van der Waals surface area contributed by atoms with Crippen molar-refractivity contribution in [3.05, 3.63) is 30.3 Å². The molecule has 3 atom stereocenters. The maximum atomic E-state index is 12.9. The molecule has 0 spiro atoms. The lowest BCUT2D eigenvalue weighted by molar-refractivity contribution is -0.140. The molecule has 28 heavy (non-hydrogen) atoms. The summed E-state index contributed by atoms with van der Waals surface area (Å²) >= 11 is 0. The van der Waals surface area contributed by atoms with Crippen LogP contribution in [0.1, 0.15) is 32.1 Å². The summed E-state index contributed by atoms with van der Waals surface area (Å²) in [6.45, 7) is 3.44. The number of likely N-dealkylation sites (tertiary alicyclic amines) is 2. The predicted octanol–water partition coefficient (Wildman–Crippen LogP) is 1.89. The summed E-state index contributed by atoms with van der Waals surface area (Å²) in [5.41, 5.74) is 6.20. The second kappa shape index (κ2) is 8.52. The molecule has 2 amide bonds. The van der Waals surface area contributed by atoms with Gasteiger partial charge in [0.2, 0.25) is 11.8 Å². The molecule has 4 rings (SSSR count). The molecule has 2 N–H and O–H groups in total. The Labute approximate surface area is 167 Å². The van der Waals surface area contributed by atoms with Gasteiger partial charge in [-0.3, -0.25) is 9.59 Å². The van der Waals surface area contributed by atoms with Crippen molar-refractivity contribution in [1.82, 2.24) is 9.80 Å². The maximum Gasteiger partial charge on any atom is 0.225 e. The van der Waals surface area contributed by atoms with Crippen LogP contribution in [0.25, 0.3) is 0 Å². The Morgan fingerprint density at radius 2 is 1.75 bits per heavy atom. The number of amides is 2. The Balaban J connectivity index is 1.19. The van der Waals surface area contributed by atoms with E-state index < -0.39 is 0 Å². The third-order valence-corrected chi connectivity index (χ3v) is 6.75. The summed E-state index contributed by atoms with van der Waals surface area (Å²) in [7, 11) is 0. The Hall–Kier alpha value is -2.08. The first-order chi connectivity index (χ1) is 13.6. The van der Waals surface area contributed by atoms with E-state index in [9.17, 15) is 9.59 Å². The second-order valence-corrected chi connectivity index (χ2v) is 8.47. The molecule has 152 valence electrons. The van der Waals surface area contributed by atoms with E-state index in [0.29, 0.717) is 38.0 Å². The minimum Gasteiger partial charge on any atom is -0.493 e. The molecule has 6 nitrogen and oxygen atoms in total. The number of fused-ring (bicyclic) bond motifs is 1. The number of ether oxygens (including phenoxy) is 1. The van der Waals surface area contributed by atoms with Gasteiger partial charge in [-0.25, -0.2) is 0 Å². The summed E-state index contributed by atoms with van der Waals surface area (Å²) < 4.78 is 5.62. The molecule has 3 aliphatic rings. The molecule has 2 heterocycles. The van der Waals surface area contributed by atoms with Gasteiger partial charge in [0, 0.05) is 38.1 Å². The molecular formula is C22H31N3O3. The van der Waals surface area contributed by atoms with Gasteiger partial charge in [-0.2, -0.15) is 0 Å². The summed E-state index contributed by atoms with van der Waals surface area (Å²) in [4.78, 5) is 29.3. The molecule has 1 saturated carbocycles. The molecule has 0 bridgehead atoms. The third kappa shape index (κ3) is 4.17. The highest BCUT2D eigenvalue weighted by atomic mass is 16.5. The number of nitrogens with two attached hydrogens (primary N) is 1. The first kappa shape index (κ1) is 19.2. The molecule has 2 saturated heterocycles. The van der Waals surface area contributed by atoms with E-state index in [1.807, 2.05) is 40.1 Å². The fourth-order valence-electron chi connectivity index (χ4n) is 5.05. The number of carbonyl (C=O) groups excluding carboxylic acids is 2. The van der Waals surface area contributed by atoms with Crippen LogP contribution >= 0.6 is 0 Å². The van der Waals surface area contributed by atoms with E-state index in [2.05, 4.69) is 0 Å². The highest BCUT2D eigenvalue weighted by molar-refractivity contribution is 5.80. The Bertz CT molecular complexity index is 688. The van der Waals surface area contributed by atoms with Crippen LogP contribution in [0.3, 0.4) is 0 Å². The zero-order chi connectivity index (χ0) is 19.5. The van der Waals surface area contributed by atoms with Crippen LogP contribution in [-0.2, 0) is 9.59 Å². The number of benzene rings is 1. The Morgan fingerprint density at radius 3 is 2.46 bits per heavy atom. The van der Waals surface area contributed by atoms with Gasteiger partial charge in [0.15, 0.2) is 0 Å². The highest BCUT2D eigenvalue weighted by Gasteiger charge is 2.43. The van der Waals surface area contributed by atoms with Crippen molar-refractivity contribution in [3.63, 3.8) is 0 Å². The number of nitrogens with zero attached hydrogens (tertiary/aromatic N) is 2. The topological polar surface area (TPSA) is 75.9 Å². The lowest BCUT2D eigenvalue weighted by atomic mass is 9.95. The number of hydrogen-bond acceptors (Lipinski definition) is 4. The minimum atomic E-state index is 0.0552. The molecule has 1 aromatic rings. The molecule has 6 heteroatoms. The smallest absolute Gasteiger partial charge is 0.225 e. The SMILES string of the molecule is NC1CCC2CN(C(=O)C3CCN(C(=O)CCOc4ccccc4)CC3)CC12. The van der Waals surface area contributed by atoms with Gasteiger partial charge in [0.1, 0.15) is 5.75 Å². The fourth-order valence-corrected chi connectivity index (χ4v) is 5.05. The van der Waals surface area contributed by atoms with E-state index in [0.717, 1.165) is 44.5 Å². The van der Waals surface area contributed by atoms with Gasteiger partial charge in [-0.15, -0.1) is 0 Å². The summed E-state index contributed by atoms with van der Waals surface area (Å²) in [6.07, 6.45) is 4.17. The molecular weight excluding hydrogens is 354 g/mol. The zero-order valence-electron chi connectivity index (χ0n) is 16.5. The summed E-state index contributed by atoms with van der Waals surface area (Å²) in [5.74, 6) is 2.33. The minimum absolute atomic E-state index is 0.0552. The summed E-state index contributed by atoms with van der Waals surface area (Å²) in [6, 6.07) is 9.81. The number of rotatable bonds is 5. The van der Waals surface area contributed by atoms with E-state index in [1.165, 1.54) is 0 Å².